The Balaban J connectivity index is 1.74. The number of ether oxygens (including phenoxy) is 3. The largest absolute Gasteiger partial charge is 0.493 e. The first-order valence-corrected chi connectivity index (χ1v) is 7.61. The van der Waals surface area contributed by atoms with Crippen molar-refractivity contribution in [3.63, 3.8) is 0 Å². The predicted molar refractivity (Wildman–Crippen MR) is 89.1 cm³/mol. The van der Waals surface area contributed by atoms with E-state index in [1.54, 1.807) is 18.2 Å². The van der Waals surface area contributed by atoms with Crippen LogP contribution in [0.25, 0.3) is 0 Å². The Morgan fingerprint density at radius 3 is 2.32 bits per heavy atom. The van der Waals surface area contributed by atoms with Crippen molar-refractivity contribution in [1.82, 2.24) is 0 Å². The van der Waals surface area contributed by atoms with Crippen molar-refractivity contribution in [2.24, 2.45) is 0 Å². The van der Waals surface area contributed by atoms with Crippen molar-refractivity contribution in [1.29, 1.82) is 0 Å². The van der Waals surface area contributed by atoms with Crippen LogP contribution in [0.2, 0.25) is 5.02 Å². The van der Waals surface area contributed by atoms with Crippen molar-refractivity contribution in [2.75, 3.05) is 25.6 Å². The molecule has 0 radical (unpaired) electrons. The van der Waals surface area contributed by atoms with E-state index >= 15 is 0 Å². The van der Waals surface area contributed by atoms with Crippen LogP contribution < -0.4 is 19.9 Å². The summed E-state index contributed by atoms with van der Waals surface area (Å²) in [5, 5.41) is 0.531. The van der Waals surface area contributed by atoms with Crippen molar-refractivity contribution in [2.45, 2.75) is 13.3 Å². The van der Waals surface area contributed by atoms with Crippen molar-refractivity contribution in [3.8, 4) is 17.2 Å². The van der Waals surface area contributed by atoms with Gasteiger partial charge in [0.25, 0.3) is 0 Å². The monoisotopic (exact) mass is 321 g/mol. The van der Waals surface area contributed by atoms with Crippen LogP contribution in [0.1, 0.15) is 13.3 Å². The average Bonchev–Trinajstić information content (AvgIpc) is 2.52. The maximum absolute atomic E-state index is 5.86. The zero-order valence-corrected chi connectivity index (χ0v) is 13.3. The summed E-state index contributed by atoms with van der Waals surface area (Å²) < 4.78 is 16.8. The SMILES string of the molecule is CCOc1ccccc1OCCCOc1ccc(Cl)c(N)c1. The minimum Gasteiger partial charge on any atom is -0.493 e. The predicted octanol–water partition coefficient (Wildman–Crippen LogP) is 4.17. The molecule has 0 aromatic heterocycles. The molecule has 2 rings (SSSR count). The van der Waals surface area contributed by atoms with Gasteiger partial charge in [0.05, 0.1) is 30.5 Å². The summed E-state index contributed by atoms with van der Waals surface area (Å²) >= 11 is 5.86. The number of hydrogen-bond donors (Lipinski definition) is 1. The molecule has 0 aliphatic carbocycles. The second kappa shape index (κ2) is 8.39. The Labute approximate surface area is 135 Å². The maximum Gasteiger partial charge on any atom is 0.161 e. The average molecular weight is 322 g/mol. The van der Waals surface area contributed by atoms with Gasteiger partial charge in [0.15, 0.2) is 11.5 Å². The van der Waals surface area contributed by atoms with Gasteiger partial charge in [-0.2, -0.15) is 0 Å². The highest BCUT2D eigenvalue weighted by Crippen LogP contribution is 2.26. The number of hydrogen-bond acceptors (Lipinski definition) is 4. The molecule has 0 aliphatic heterocycles. The topological polar surface area (TPSA) is 53.7 Å². The van der Waals surface area contributed by atoms with Gasteiger partial charge < -0.3 is 19.9 Å². The quantitative estimate of drug-likeness (QED) is 0.585. The normalized spacial score (nSPS) is 10.3. The molecule has 0 spiro atoms. The Bertz CT molecular complexity index is 604. The lowest BCUT2D eigenvalue weighted by Gasteiger charge is -2.12. The van der Waals surface area contributed by atoms with E-state index in [9.17, 15) is 0 Å². The van der Waals surface area contributed by atoms with Crippen LogP contribution in [0.4, 0.5) is 5.69 Å². The summed E-state index contributed by atoms with van der Waals surface area (Å²) in [6.07, 6.45) is 0.753. The van der Waals surface area contributed by atoms with E-state index in [1.807, 2.05) is 31.2 Å². The number of halogens is 1. The zero-order chi connectivity index (χ0) is 15.8. The van der Waals surface area contributed by atoms with Crippen LogP contribution in [-0.4, -0.2) is 19.8 Å². The van der Waals surface area contributed by atoms with Gasteiger partial charge in [-0.3, -0.25) is 0 Å². The van der Waals surface area contributed by atoms with E-state index in [1.165, 1.54) is 0 Å². The molecule has 2 aromatic rings. The fraction of sp³-hybridized carbons (Fsp3) is 0.294. The van der Waals surface area contributed by atoms with Crippen LogP contribution in [0.15, 0.2) is 42.5 Å². The molecule has 0 atom stereocenters. The molecular formula is C17H20ClNO3. The van der Waals surface area contributed by atoms with Gasteiger partial charge in [0.1, 0.15) is 5.75 Å². The lowest BCUT2D eigenvalue weighted by atomic mass is 10.3. The van der Waals surface area contributed by atoms with Gasteiger partial charge in [0, 0.05) is 12.5 Å². The summed E-state index contributed by atoms with van der Waals surface area (Å²) in [5.41, 5.74) is 6.24. The molecule has 5 heteroatoms. The highest BCUT2D eigenvalue weighted by atomic mass is 35.5. The number of benzene rings is 2. The van der Waals surface area contributed by atoms with Gasteiger partial charge in [-0.1, -0.05) is 23.7 Å². The second-order valence-corrected chi connectivity index (χ2v) is 5.02. The van der Waals surface area contributed by atoms with E-state index in [-0.39, 0.29) is 0 Å². The minimum atomic E-state index is 0.515. The van der Waals surface area contributed by atoms with Crippen molar-refractivity contribution in [3.05, 3.63) is 47.5 Å². The first-order valence-electron chi connectivity index (χ1n) is 7.23. The molecule has 118 valence electrons. The molecule has 0 aliphatic rings. The number of anilines is 1. The molecule has 0 amide bonds. The van der Waals surface area contributed by atoms with Gasteiger partial charge in [0.2, 0.25) is 0 Å². The van der Waals surface area contributed by atoms with Crippen LogP contribution in [0, 0.1) is 0 Å². The first-order chi connectivity index (χ1) is 10.7. The molecule has 2 aromatic carbocycles. The van der Waals surface area contributed by atoms with Crippen LogP contribution in [-0.2, 0) is 0 Å². The summed E-state index contributed by atoms with van der Waals surface area (Å²) in [6.45, 7) is 3.65. The lowest BCUT2D eigenvalue weighted by molar-refractivity contribution is 0.236. The number of para-hydroxylation sites is 2. The van der Waals surface area contributed by atoms with E-state index < -0.39 is 0 Å². The standard InChI is InChI=1S/C17H20ClNO3/c1-2-20-16-6-3-4-7-17(16)22-11-5-10-21-13-8-9-14(18)15(19)12-13/h3-4,6-9,12H,2,5,10-11,19H2,1H3. The van der Waals surface area contributed by atoms with Crippen molar-refractivity contribution < 1.29 is 14.2 Å². The summed E-state index contributed by atoms with van der Waals surface area (Å²) in [5.74, 6) is 2.22. The molecule has 2 N–H and O–H groups in total. The molecule has 0 saturated heterocycles. The van der Waals surface area contributed by atoms with Gasteiger partial charge in [-0.15, -0.1) is 0 Å². The number of nitrogen functional groups attached to an aromatic ring is 1. The molecule has 4 nitrogen and oxygen atoms in total. The maximum atomic E-state index is 5.86. The fourth-order valence-electron chi connectivity index (χ4n) is 1.89. The molecule has 0 bridgehead atoms. The summed E-state index contributed by atoms with van der Waals surface area (Å²) in [7, 11) is 0. The van der Waals surface area contributed by atoms with Crippen LogP contribution in [0.3, 0.4) is 0 Å². The van der Waals surface area contributed by atoms with Crippen molar-refractivity contribution >= 4 is 17.3 Å². The molecule has 22 heavy (non-hydrogen) atoms. The van der Waals surface area contributed by atoms with E-state index in [2.05, 4.69) is 0 Å². The second-order valence-electron chi connectivity index (χ2n) is 4.61. The number of rotatable bonds is 8. The van der Waals surface area contributed by atoms with E-state index in [0.717, 1.165) is 17.9 Å². The highest BCUT2D eigenvalue weighted by molar-refractivity contribution is 6.33. The third kappa shape index (κ3) is 4.74. The molecule has 0 saturated carbocycles. The molecule has 0 unspecified atom stereocenters. The Hall–Kier alpha value is -2.07. The molecule has 0 fully saturated rings. The fourth-order valence-corrected chi connectivity index (χ4v) is 2.00. The molecule has 0 heterocycles. The van der Waals surface area contributed by atoms with Crippen LogP contribution >= 0.6 is 11.6 Å². The third-order valence-electron chi connectivity index (χ3n) is 2.93. The third-order valence-corrected chi connectivity index (χ3v) is 3.28. The Morgan fingerprint density at radius 1 is 0.955 bits per heavy atom. The van der Waals surface area contributed by atoms with Crippen LogP contribution in [0.5, 0.6) is 17.2 Å². The molecular weight excluding hydrogens is 302 g/mol. The minimum absolute atomic E-state index is 0.515. The Morgan fingerprint density at radius 2 is 1.64 bits per heavy atom. The smallest absolute Gasteiger partial charge is 0.161 e. The summed E-state index contributed by atoms with van der Waals surface area (Å²) in [6, 6.07) is 12.9. The summed E-state index contributed by atoms with van der Waals surface area (Å²) in [4.78, 5) is 0. The van der Waals surface area contributed by atoms with Gasteiger partial charge in [-0.05, 0) is 31.2 Å². The highest BCUT2D eigenvalue weighted by Gasteiger charge is 2.03. The van der Waals surface area contributed by atoms with Gasteiger partial charge in [-0.25, -0.2) is 0 Å². The number of nitrogens with two attached hydrogens (primary N) is 1. The van der Waals surface area contributed by atoms with E-state index in [4.69, 9.17) is 31.5 Å². The zero-order valence-electron chi connectivity index (χ0n) is 12.5. The Kier molecular flexibility index (Phi) is 6.22. The lowest BCUT2D eigenvalue weighted by Crippen LogP contribution is -2.06. The van der Waals surface area contributed by atoms with Gasteiger partial charge >= 0.3 is 0 Å². The van der Waals surface area contributed by atoms with E-state index in [0.29, 0.717) is 36.3 Å². The first kappa shape index (κ1) is 16.3.